The molecule has 2 saturated heterocycles. The molecule has 1 aromatic carbocycles. The van der Waals surface area contributed by atoms with E-state index in [1.165, 1.54) is 14.2 Å². The molecule has 4 atom stereocenters. The summed E-state index contributed by atoms with van der Waals surface area (Å²) in [6.45, 7) is 3.61. The molecule has 3 rings (SSSR count). The van der Waals surface area contributed by atoms with Crippen LogP contribution in [0.3, 0.4) is 0 Å². The van der Waals surface area contributed by atoms with Gasteiger partial charge in [0, 0.05) is 13.1 Å². The van der Waals surface area contributed by atoms with Crippen LogP contribution in [0.15, 0.2) is 24.3 Å². The molecule has 6 heteroatoms. The SMILES string of the molecule is COC(=O)[C@@]1(C)N[C@H](c2ccc(C)cc2)[C@@H]2C(=O)N(C)C(=O)[C@H]21. The minimum absolute atomic E-state index is 0.259. The van der Waals surface area contributed by atoms with Gasteiger partial charge in [-0.05, 0) is 19.4 Å². The number of likely N-dealkylation sites (tertiary alicyclic amines) is 1. The molecule has 2 aliphatic heterocycles. The first-order valence-corrected chi connectivity index (χ1v) is 7.55. The number of nitrogens with one attached hydrogen (secondary N) is 1. The minimum Gasteiger partial charge on any atom is -0.468 e. The summed E-state index contributed by atoms with van der Waals surface area (Å²) in [5.74, 6) is -2.47. The highest BCUT2D eigenvalue weighted by atomic mass is 16.5. The highest BCUT2D eigenvalue weighted by Crippen LogP contribution is 2.48. The lowest BCUT2D eigenvalue weighted by Gasteiger charge is -2.27. The molecule has 23 heavy (non-hydrogen) atoms. The predicted octanol–water partition coefficient (Wildman–Crippen LogP) is 0.802. The van der Waals surface area contributed by atoms with Crippen LogP contribution < -0.4 is 5.32 Å². The summed E-state index contributed by atoms with van der Waals surface area (Å²) in [6.07, 6.45) is 0. The van der Waals surface area contributed by atoms with Crippen LogP contribution in [0.4, 0.5) is 0 Å². The molecule has 2 amide bonds. The maximum atomic E-state index is 12.6. The van der Waals surface area contributed by atoms with Gasteiger partial charge in [-0.3, -0.25) is 24.6 Å². The van der Waals surface area contributed by atoms with Crippen LogP contribution in [0.1, 0.15) is 24.1 Å². The Bertz CT molecular complexity index is 684. The summed E-state index contributed by atoms with van der Waals surface area (Å²) in [5, 5.41) is 3.19. The number of benzene rings is 1. The van der Waals surface area contributed by atoms with Gasteiger partial charge in [-0.15, -0.1) is 0 Å². The third-order valence-corrected chi connectivity index (χ3v) is 5.05. The smallest absolute Gasteiger partial charge is 0.326 e. The molecule has 0 saturated carbocycles. The number of methoxy groups -OCH3 is 1. The van der Waals surface area contributed by atoms with Gasteiger partial charge in [0.05, 0.1) is 18.9 Å². The van der Waals surface area contributed by atoms with E-state index in [-0.39, 0.29) is 11.8 Å². The first kappa shape index (κ1) is 15.7. The second-order valence-electron chi connectivity index (χ2n) is 6.47. The number of carbonyl (C=O) groups is 3. The lowest BCUT2D eigenvalue weighted by atomic mass is 9.80. The van der Waals surface area contributed by atoms with Gasteiger partial charge in [0.25, 0.3) is 0 Å². The topological polar surface area (TPSA) is 75.7 Å². The molecule has 0 unspecified atom stereocenters. The monoisotopic (exact) mass is 316 g/mol. The molecule has 2 heterocycles. The fourth-order valence-electron chi connectivity index (χ4n) is 3.74. The van der Waals surface area contributed by atoms with Crippen molar-refractivity contribution < 1.29 is 19.1 Å². The molecule has 6 nitrogen and oxygen atoms in total. The summed E-state index contributed by atoms with van der Waals surface area (Å²) < 4.78 is 4.88. The Balaban J connectivity index is 2.09. The lowest BCUT2D eigenvalue weighted by Crippen LogP contribution is -2.53. The van der Waals surface area contributed by atoms with Crippen LogP contribution >= 0.6 is 0 Å². The van der Waals surface area contributed by atoms with E-state index in [4.69, 9.17) is 4.74 Å². The van der Waals surface area contributed by atoms with Crippen molar-refractivity contribution >= 4 is 17.8 Å². The second-order valence-corrected chi connectivity index (χ2v) is 6.47. The Morgan fingerprint density at radius 3 is 2.39 bits per heavy atom. The van der Waals surface area contributed by atoms with E-state index in [1.807, 2.05) is 31.2 Å². The van der Waals surface area contributed by atoms with Gasteiger partial charge in [0.1, 0.15) is 5.54 Å². The highest BCUT2D eigenvalue weighted by molar-refractivity contribution is 6.09. The first-order chi connectivity index (χ1) is 10.8. The largest absolute Gasteiger partial charge is 0.468 e. The molecule has 0 aromatic heterocycles. The molecule has 0 aliphatic carbocycles. The third kappa shape index (κ3) is 2.09. The Morgan fingerprint density at radius 1 is 1.22 bits per heavy atom. The maximum Gasteiger partial charge on any atom is 0.326 e. The van der Waals surface area contributed by atoms with E-state index in [0.29, 0.717) is 0 Å². The third-order valence-electron chi connectivity index (χ3n) is 5.05. The van der Waals surface area contributed by atoms with Crippen LogP contribution in [-0.4, -0.2) is 42.4 Å². The molecular formula is C17H20N2O4. The fourth-order valence-corrected chi connectivity index (χ4v) is 3.74. The molecule has 0 bridgehead atoms. The van der Waals surface area contributed by atoms with Crippen molar-refractivity contribution in [2.75, 3.05) is 14.2 Å². The van der Waals surface area contributed by atoms with Crippen LogP contribution in [0.5, 0.6) is 0 Å². The Labute approximate surface area is 134 Å². The van der Waals surface area contributed by atoms with Gasteiger partial charge in [-0.2, -0.15) is 0 Å². The standard InChI is InChI=1S/C17H20N2O4/c1-9-5-7-10(8-6-9)13-11-12(15(21)19(3)14(11)20)17(2,18-13)16(22)23-4/h5-8,11-13,18H,1-4H3/t11-,12+,13-,17+/m1/s1. The Kier molecular flexibility index (Phi) is 3.52. The average molecular weight is 316 g/mol. The Morgan fingerprint density at radius 2 is 1.83 bits per heavy atom. The number of fused-ring (bicyclic) bond motifs is 1. The molecule has 2 fully saturated rings. The average Bonchev–Trinajstić information content (AvgIpc) is 2.97. The van der Waals surface area contributed by atoms with Gasteiger partial charge in [0.2, 0.25) is 11.8 Å². The van der Waals surface area contributed by atoms with Crippen LogP contribution in [0.25, 0.3) is 0 Å². The van der Waals surface area contributed by atoms with Crippen molar-refractivity contribution in [1.29, 1.82) is 0 Å². The maximum absolute atomic E-state index is 12.6. The number of aryl methyl sites for hydroxylation is 1. The van der Waals surface area contributed by atoms with E-state index in [0.717, 1.165) is 16.0 Å². The van der Waals surface area contributed by atoms with Crippen molar-refractivity contribution in [2.45, 2.75) is 25.4 Å². The number of ether oxygens (including phenoxy) is 1. The van der Waals surface area contributed by atoms with Crippen molar-refractivity contribution in [1.82, 2.24) is 10.2 Å². The zero-order valence-corrected chi connectivity index (χ0v) is 13.6. The lowest BCUT2D eigenvalue weighted by molar-refractivity contribution is -0.152. The van der Waals surface area contributed by atoms with Crippen LogP contribution in [0, 0.1) is 18.8 Å². The van der Waals surface area contributed by atoms with Gasteiger partial charge in [-0.1, -0.05) is 29.8 Å². The van der Waals surface area contributed by atoms with E-state index in [9.17, 15) is 14.4 Å². The van der Waals surface area contributed by atoms with Crippen molar-refractivity contribution in [3.8, 4) is 0 Å². The first-order valence-electron chi connectivity index (χ1n) is 7.55. The van der Waals surface area contributed by atoms with E-state index in [2.05, 4.69) is 5.32 Å². The highest BCUT2D eigenvalue weighted by Gasteiger charge is 2.66. The van der Waals surface area contributed by atoms with Crippen molar-refractivity contribution in [3.05, 3.63) is 35.4 Å². The summed E-state index contributed by atoms with van der Waals surface area (Å²) in [4.78, 5) is 38.5. The molecule has 1 aromatic rings. The number of esters is 1. The molecule has 0 radical (unpaired) electrons. The summed E-state index contributed by atoms with van der Waals surface area (Å²) in [7, 11) is 2.75. The number of rotatable bonds is 2. The minimum atomic E-state index is -1.22. The summed E-state index contributed by atoms with van der Waals surface area (Å²) >= 11 is 0. The number of amides is 2. The van der Waals surface area contributed by atoms with Crippen molar-refractivity contribution in [2.24, 2.45) is 11.8 Å². The molecular weight excluding hydrogens is 296 g/mol. The number of carbonyl (C=O) groups excluding carboxylic acids is 3. The summed E-state index contributed by atoms with van der Waals surface area (Å²) in [5.41, 5.74) is 0.770. The number of imide groups is 1. The number of hydrogen-bond donors (Lipinski definition) is 1. The van der Waals surface area contributed by atoms with Gasteiger partial charge < -0.3 is 4.74 Å². The van der Waals surface area contributed by atoms with E-state index < -0.39 is 29.4 Å². The Hall–Kier alpha value is -2.21. The van der Waals surface area contributed by atoms with E-state index >= 15 is 0 Å². The van der Waals surface area contributed by atoms with Crippen molar-refractivity contribution in [3.63, 3.8) is 0 Å². The van der Waals surface area contributed by atoms with Gasteiger partial charge in [0.15, 0.2) is 0 Å². The second kappa shape index (κ2) is 5.16. The summed E-state index contributed by atoms with van der Waals surface area (Å²) in [6, 6.07) is 7.34. The van der Waals surface area contributed by atoms with Gasteiger partial charge >= 0.3 is 5.97 Å². The quantitative estimate of drug-likeness (QED) is 0.645. The van der Waals surface area contributed by atoms with Gasteiger partial charge in [-0.25, -0.2) is 0 Å². The zero-order valence-electron chi connectivity index (χ0n) is 13.6. The molecule has 1 N–H and O–H groups in total. The number of nitrogens with zero attached hydrogens (tertiary/aromatic N) is 1. The van der Waals surface area contributed by atoms with E-state index in [1.54, 1.807) is 6.92 Å². The molecule has 122 valence electrons. The number of hydrogen-bond acceptors (Lipinski definition) is 5. The fraction of sp³-hybridized carbons (Fsp3) is 0.471. The molecule has 2 aliphatic rings. The molecule has 0 spiro atoms. The zero-order chi connectivity index (χ0) is 16.9. The predicted molar refractivity (Wildman–Crippen MR) is 82.2 cm³/mol. The van der Waals surface area contributed by atoms with Crippen LogP contribution in [-0.2, 0) is 19.1 Å². The normalized spacial score (nSPS) is 33.0. The van der Waals surface area contributed by atoms with Crippen LogP contribution in [0.2, 0.25) is 0 Å².